The van der Waals surface area contributed by atoms with Gasteiger partial charge in [0.05, 0.1) is 4.34 Å². The van der Waals surface area contributed by atoms with E-state index in [2.05, 4.69) is 0 Å². The Kier molecular flexibility index (Phi) is 3.44. The molecule has 0 aromatic carbocycles. The van der Waals surface area contributed by atoms with E-state index in [9.17, 15) is 4.79 Å². The number of ketones is 1. The predicted molar refractivity (Wildman–Crippen MR) is 63.2 cm³/mol. The highest BCUT2D eigenvalue weighted by atomic mass is 35.5. The second-order valence-corrected chi connectivity index (χ2v) is 5.79. The smallest absolute Gasteiger partial charge is 0.132 e. The minimum atomic E-state index is 0.0515. The van der Waals surface area contributed by atoms with Gasteiger partial charge in [0, 0.05) is 23.8 Å². The molecule has 0 spiro atoms. The van der Waals surface area contributed by atoms with E-state index in [1.54, 1.807) is 11.3 Å². The van der Waals surface area contributed by atoms with Gasteiger partial charge in [0.15, 0.2) is 0 Å². The Morgan fingerprint density at radius 1 is 1.40 bits per heavy atom. The zero-order chi connectivity index (χ0) is 10.8. The average Bonchev–Trinajstić information content (AvgIpc) is 2.65. The number of thiophene rings is 1. The van der Waals surface area contributed by atoms with Gasteiger partial charge in [-0.25, -0.2) is 0 Å². The van der Waals surface area contributed by atoms with Gasteiger partial charge in [-0.2, -0.15) is 0 Å². The first-order valence-corrected chi connectivity index (χ1v) is 6.39. The average molecular weight is 244 g/mol. The molecule has 1 fully saturated rings. The van der Waals surface area contributed by atoms with Gasteiger partial charge in [0.25, 0.3) is 0 Å². The lowest BCUT2D eigenvalue weighted by atomic mass is 9.83. The van der Waals surface area contributed by atoms with E-state index in [-0.39, 0.29) is 6.04 Å². The number of nitrogens with two attached hydrogens (primary N) is 1. The first kappa shape index (κ1) is 11.1. The number of halogens is 1. The molecule has 1 aromatic heterocycles. The van der Waals surface area contributed by atoms with Gasteiger partial charge in [-0.15, -0.1) is 11.3 Å². The molecule has 1 aromatic rings. The highest BCUT2D eigenvalue weighted by Gasteiger charge is 2.25. The number of Topliss-reactive ketones (excluding diaryl/α,β-unsaturated/α-hetero) is 1. The van der Waals surface area contributed by atoms with Gasteiger partial charge in [0.1, 0.15) is 5.78 Å². The molecule has 0 radical (unpaired) electrons. The molecule has 0 aliphatic heterocycles. The maximum absolute atomic E-state index is 11.1. The van der Waals surface area contributed by atoms with Crippen molar-refractivity contribution in [2.24, 2.45) is 11.7 Å². The van der Waals surface area contributed by atoms with Crippen LogP contribution in [0.5, 0.6) is 0 Å². The largest absolute Gasteiger partial charge is 0.323 e. The molecule has 0 amide bonds. The van der Waals surface area contributed by atoms with Crippen molar-refractivity contribution in [1.82, 2.24) is 0 Å². The summed E-state index contributed by atoms with van der Waals surface area (Å²) in [7, 11) is 0. The second kappa shape index (κ2) is 4.64. The van der Waals surface area contributed by atoms with Crippen LogP contribution in [0.2, 0.25) is 4.34 Å². The van der Waals surface area contributed by atoms with Crippen molar-refractivity contribution in [2.45, 2.75) is 31.7 Å². The molecular formula is C11H14ClNOS. The Balaban J connectivity index is 2.02. The summed E-state index contributed by atoms with van der Waals surface area (Å²) in [6.07, 6.45) is 3.24. The van der Waals surface area contributed by atoms with E-state index >= 15 is 0 Å². The van der Waals surface area contributed by atoms with Crippen LogP contribution in [0.3, 0.4) is 0 Å². The first-order chi connectivity index (χ1) is 7.16. The van der Waals surface area contributed by atoms with Crippen LogP contribution in [-0.2, 0) is 4.79 Å². The van der Waals surface area contributed by atoms with Crippen LogP contribution in [-0.4, -0.2) is 5.78 Å². The molecule has 2 N–H and O–H groups in total. The molecule has 1 saturated carbocycles. The lowest BCUT2D eigenvalue weighted by molar-refractivity contribution is -0.121. The monoisotopic (exact) mass is 243 g/mol. The predicted octanol–water partition coefficient (Wildman–Crippen LogP) is 3.16. The summed E-state index contributed by atoms with van der Waals surface area (Å²) in [5.41, 5.74) is 6.17. The zero-order valence-corrected chi connectivity index (χ0v) is 9.98. The van der Waals surface area contributed by atoms with Crippen molar-refractivity contribution in [3.8, 4) is 0 Å². The van der Waals surface area contributed by atoms with Crippen LogP contribution in [0.4, 0.5) is 0 Å². The van der Waals surface area contributed by atoms with Crippen LogP contribution in [0, 0.1) is 5.92 Å². The molecule has 2 rings (SSSR count). The number of carbonyl (C=O) groups is 1. The van der Waals surface area contributed by atoms with E-state index in [0.717, 1.165) is 22.1 Å². The summed E-state index contributed by atoms with van der Waals surface area (Å²) >= 11 is 7.42. The molecule has 1 atom stereocenters. The lowest BCUT2D eigenvalue weighted by Gasteiger charge is -2.26. The number of carbonyl (C=O) groups excluding carboxylic acids is 1. The minimum Gasteiger partial charge on any atom is -0.323 e. The van der Waals surface area contributed by atoms with Crippen molar-refractivity contribution < 1.29 is 4.79 Å². The molecule has 2 nitrogen and oxygen atoms in total. The van der Waals surface area contributed by atoms with Crippen LogP contribution in [0.25, 0.3) is 0 Å². The third kappa shape index (κ3) is 2.60. The summed E-state index contributed by atoms with van der Waals surface area (Å²) in [6.45, 7) is 0. The fourth-order valence-electron chi connectivity index (χ4n) is 2.06. The molecule has 1 aliphatic rings. The number of rotatable bonds is 2. The molecule has 4 heteroatoms. The summed E-state index contributed by atoms with van der Waals surface area (Å²) in [6, 6.07) is 3.93. The molecular weight excluding hydrogens is 230 g/mol. The quantitative estimate of drug-likeness (QED) is 0.867. The normalized spacial score (nSPS) is 20.5. The Bertz CT molecular complexity index is 353. The van der Waals surface area contributed by atoms with Crippen molar-refractivity contribution in [2.75, 3.05) is 0 Å². The van der Waals surface area contributed by atoms with Gasteiger partial charge in [0.2, 0.25) is 0 Å². The second-order valence-electron chi connectivity index (χ2n) is 4.04. The summed E-state index contributed by atoms with van der Waals surface area (Å²) in [4.78, 5) is 12.3. The van der Waals surface area contributed by atoms with E-state index in [1.807, 2.05) is 12.1 Å². The summed E-state index contributed by atoms with van der Waals surface area (Å²) in [5.74, 6) is 0.820. The van der Waals surface area contributed by atoms with Gasteiger partial charge >= 0.3 is 0 Å². The van der Waals surface area contributed by atoms with E-state index in [4.69, 9.17) is 17.3 Å². The van der Waals surface area contributed by atoms with Crippen LogP contribution < -0.4 is 5.73 Å². The zero-order valence-electron chi connectivity index (χ0n) is 8.41. The molecule has 1 aliphatic carbocycles. The first-order valence-electron chi connectivity index (χ1n) is 5.19. The van der Waals surface area contributed by atoms with E-state index < -0.39 is 0 Å². The third-order valence-corrected chi connectivity index (χ3v) is 4.35. The highest BCUT2D eigenvalue weighted by molar-refractivity contribution is 7.16. The maximum atomic E-state index is 11.1. The van der Waals surface area contributed by atoms with Crippen molar-refractivity contribution in [1.29, 1.82) is 0 Å². The van der Waals surface area contributed by atoms with Crippen LogP contribution >= 0.6 is 22.9 Å². The number of hydrogen-bond donors (Lipinski definition) is 1. The Morgan fingerprint density at radius 3 is 2.60 bits per heavy atom. The fourth-order valence-corrected chi connectivity index (χ4v) is 3.22. The molecule has 0 saturated heterocycles. The highest BCUT2D eigenvalue weighted by Crippen LogP contribution is 2.35. The van der Waals surface area contributed by atoms with E-state index in [0.29, 0.717) is 24.5 Å². The fraction of sp³-hybridized carbons (Fsp3) is 0.545. The molecule has 1 unspecified atom stereocenters. The summed E-state index contributed by atoms with van der Waals surface area (Å²) < 4.78 is 0.785. The van der Waals surface area contributed by atoms with Crippen molar-refractivity contribution in [3.63, 3.8) is 0 Å². The topological polar surface area (TPSA) is 43.1 Å². The molecule has 0 bridgehead atoms. The van der Waals surface area contributed by atoms with Gasteiger partial charge < -0.3 is 5.73 Å². The molecule has 15 heavy (non-hydrogen) atoms. The Hall–Kier alpha value is -0.380. The van der Waals surface area contributed by atoms with Gasteiger partial charge in [-0.1, -0.05) is 11.6 Å². The SMILES string of the molecule is NC(c1ccc(Cl)s1)C1CCC(=O)CC1. The lowest BCUT2D eigenvalue weighted by Crippen LogP contribution is -2.25. The molecule has 82 valence electrons. The Morgan fingerprint density at radius 2 is 2.07 bits per heavy atom. The minimum absolute atomic E-state index is 0.0515. The van der Waals surface area contributed by atoms with Gasteiger partial charge in [-0.3, -0.25) is 4.79 Å². The number of hydrogen-bond acceptors (Lipinski definition) is 3. The van der Waals surface area contributed by atoms with Crippen LogP contribution in [0.15, 0.2) is 12.1 Å². The van der Waals surface area contributed by atoms with Crippen molar-refractivity contribution in [3.05, 3.63) is 21.3 Å². The standard InChI is InChI=1S/C11H14ClNOS/c12-10-6-5-9(15-10)11(13)7-1-3-8(14)4-2-7/h5-7,11H,1-4,13H2. The van der Waals surface area contributed by atoms with Crippen LogP contribution in [0.1, 0.15) is 36.6 Å². The Labute approximate surface area is 98.4 Å². The van der Waals surface area contributed by atoms with Gasteiger partial charge in [-0.05, 0) is 30.9 Å². The summed E-state index contributed by atoms with van der Waals surface area (Å²) in [5, 5.41) is 0. The molecule has 1 heterocycles. The van der Waals surface area contributed by atoms with E-state index in [1.165, 1.54) is 0 Å². The van der Waals surface area contributed by atoms with Crippen molar-refractivity contribution >= 4 is 28.7 Å². The third-order valence-electron chi connectivity index (χ3n) is 3.02. The maximum Gasteiger partial charge on any atom is 0.132 e.